The van der Waals surface area contributed by atoms with Gasteiger partial charge in [-0.1, -0.05) is 30.3 Å². The van der Waals surface area contributed by atoms with E-state index in [9.17, 15) is 4.79 Å². The first-order valence-corrected chi connectivity index (χ1v) is 5.63. The first-order chi connectivity index (χ1) is 8.73. The summed E-state index contributed by atoms with van der Waals surface area (Å²) in [6, 6.07) is 9.29. The van der Waals surface area contributed by atoms with E-state index >= 15 is 0 Å². The largest absolute Gasteiger partial charge is 0.467 e. The minimum Gasteiger partial charge on any atom is -0.467 e. The third-order valence-corrected chi connectivity index (χ3v) is 2.92. The number of hydrogen-bond acceptors (Lipinski definition) is 5. The molecular formula is C13H15NO4. The van der Waals surface area contributed by atoms with Crippen molar-refractivity contribution < 1.29 is 19.0 Å². The van der Waals surface area contributed by atoms with Crippen molar-refractivity contribution in [3.63, 3.8) is 0 Å². The summed E-state index contributed by atoms with van der Waals surface area (Å²) in [5, 5.41) is 0. The highest BCUT2D eigenvalue weighted by molar-refractivity contribution is 5.86. The lowest BCUT2D eigenvalue weighted by molar-refractivity contribution is -0.148. The summed E-state index contributed by atoms with van der Waals surface area (Å²) in [4.78, 5) is 16.4. The lowest BCUT2D eigenvalue weighted by Crippen LogP contribution is -2.41. The van der Waals surface area contributed by atoms with Gasteiger partial charge < -0.3 is 14.2 Å². The van der Waals surface area contributed by atoms with Crippen molar-refractivity contribution in [2.24, 2.45) is 4.99 Å². The number of benzene rings is 1. The van der Waals surface area contributed by atoms with E-state index in [0.29, 0.717) is 13.0 Å². The fourth-order valence-electron chi connectivity index (χ4n) is 1.99. The zero-order valence-corrected chi connectivity index (χ0v) is 10.4. The van der Waals surface area contributed by atoms with Crippen LogP contribution in [0.2, 0.25) is 0 Å². The normalized spacial score (nSPS) is 22.7. The summed E-state index contributed by atoms with van der Waals surface area (Å²) in [7, 11) is 2.81. The molecule has 0 saturated heterocycles. The predicted octanol–water partition coefficient (Wildman–Crippen LogP) is 1.48. The zero-order chi connectivity index (χ0) is 13.0. The minimum absolute atomic E-state index is 0.107. The van der Waals surface area contributed by atoms with Crippen LogP contribution in [-0.4, -0.2) is 32.9 Å². The van der Waals surface area contributed by atoms with Crippen molar-refractivity contribution in [1.82, 2.24) is 0 Å². The van der Waals surface area contributed by atoms with Crippen LogP contribution in [-0.2, 0) is 24.5 Å². The van der Waals surface area contributed by atoms with Gasteiger partial charge in [0, 0.05) is 6.42 Å². The molecule has 18 heavy (non-hydrogen) atoms. The summed E-state index contributed by atoms with van der Waals surface area (Å²) < 4.78 is 15.1. The van der Waals surface area contributed by atoms with Crippen LogP contribution in [0.15, 0.2) is 35.3 Å². The van der Waals surface area contributed by atoms with Gasteiger partial charge in [-0.2, -0.15) is 4.99 Å². The van der Waals surface area contributed by atoms with E-state index in [1.807, 2.05) is 30.3 Å². The molecule has 5 heteroatoms. The molecule has 1 aromatic carbocycles. The number of carbonyl (C=O) groups is 1. The van der Waals surface area contributed by atoms with E-state index in [0.717, 1.165) is 5.56 Å². The summed E-state index contributed by atoms with van der Waals surface area (Å²) in [6.07, 6.45) is 0.534. The van der Waals surface area contributed by atoms with Crippen molar-refractivity contribution in [3.05, 3.63) is 35.9 Å². The fourth-order valence-corrected chi connectivity index (χ4v) is 1.99. The van der Waals surface area contributed by atoms with E-state index in [2.05, 4.69) is 4.99 Å². The molecule has 0 fully saturated rings. The molecule has 1 atom stereocenters. The molecule has 1 heterocycles. The lowest BCUT2D eigenvalue weighted by Gasteiger charge is -2.30. The molecule has 0 unspecified atom stereocenters. The van der Waals surface area contributed by atoms with Gasteiger partial charge in [0.2, 0.25) is 0 Å². The predicted molar refractivity (Wildman–Crippen MR) is 65.1 cm³/mol. The van der Waals surface area contributed by atoms with E-state index < -0.39 is 11.5 Å². The smallest absolute Gasteiger partial charge is 0.384 e. The molecule has 0 bridgehead atoms. The molecule has 1 aliphatic heterocycles. The SMILES string of the molecule is COC(=O)[C@]1(c2ccccc2)CCOC(OC)=N1. The quantitative estimate of drug-likeness (QED) is 0.745. The van der Waals surface area contributed by atoms with Crippen molar-refractivity contribution in [2.75, 3.05) is 20.8 Å². The summed E-state index contributed by atoms with van der Waals surface area (Å²) in [5.74, 6) is -0.411. The Morgan fingerprint density at radius 1 is 1.33 bits per heavy atom. The topological polar surface area (TPSA) is 57.1 Å². The average molecular weight is 249 g/mol. The highest BCUT2D eigenvalue weighted by Crippen LogP contribution is 2.34. The van der Waals surface area contributed by atoms with Crippen molar-refractivity contribution in [1.29, 1.82) is 0 Å². The van der Waals surface area contributed by atoms with Crippen molar-refractivity contribution >= 4 is 12.1 Å². The molecule has 0 spiro atoms. The molecule has 0 radical (unpaired) electrons. The van der Waals surface area contributed by atoms with Gasteiger partial charge in [0.1, 0.15) is 0 Å². The maximum atomic E-state index is 12.1. The number of esters is 1. The van der Waals surface area contributed by atoms with Crippen LogP contribution in [0, 0.1) is 0 Å². The van der Waals surface area contributed by atoms with Gasteiger partial charge in [-0.15, -0.1) is 0 Å². The van der Waals surface area contributed by atoms with Gasteiger partial charge in [0.15, 0.2) is 5.54 Å². The molecule has 0 aromatic heterocycles. The molecule has 1 aromatic rings. The first-order valence-electron chi connectivity index (χ1n) is 5.63. The van der Waals surface area contributed by atoms with E-state index in [-0.39, 0.29) is 6.08 Å². The van der Waals surface area contributed by atoms with E-state index in [1.54, 1.807) is 0 Å². The Morgan fingerprint density at radius 3 is 2.67 bits per heavy atom. The number of carbonyl (C=O) groups excluding carboxylic acids is 1. The van der Waals surface area contributed by atoms with Gasteiger partial charge in [0.25, 0.3) is 0 Å². The molecule has 96 valence electrons. The maximum absolute atomic E-state index is 12.1. The second-order valence-corrected chi connectivity index (χ2v) is 3.90. The van der Waals surface area contributed by atoms with Crippen LogP contribution < -0.4 is 0 Å². The van der Waals surface area contributed by atoms with Gasteiger partial charge >= 0.3 is 12.1 Å². The Bertz CT molecular complexity index is 457. The van der Waals surface area contributed by atoms with Gasteiger partial charge in [-0.05, 0) is 5.56 Å². The standard InChI is InChI=1S/C13H15NO4/c1-16-11(15)13(10-6-4-3-5-7-10)8-9-18-12(14-13)17-2/h3-7H,8-9H2,1-2H3/t13-/m1/s1. The van der Waals surface area contributed by atoms with Crippen LogP contribution >= 0.6 is 0 Å². The molecule has 1 aliphatic rings. The molecule has 2 rings (SSSR count). The van der Waals surface area contributed by atoms with Crippen molar-refractivity contribution in [3.8, 4) is 0 Å². The Kier molecular flexibility index (Phi) is 3.50. The Labute approximate surface area is 105 Å². The molecule has 5 nitrogen and oxygen atoms in total. The fraction of sp³-hybridized carbons (Fsp3) is 0.385. The van der Waals surface area contributed by atoms with Crippen LogP contribution in [0.25, 0.3) is 0 Å². The van der Waals surface area contributed by atoms with Crippen LogP contribution in [0.5, 0.6) is 0 Å². The van der Waals surface area contributed by atoms with Gasteiger partial charge in [0.05, 0.1) is 20.8 Å². The zero-order valence-electron chi connectivity index (χ0n) is 10.4. The second-order valence-electron chi connectivity index (χ2n) is 3.90. The van der Waals surface area contributed by atoms with Crippen LogP contribution in [0.3, 0.4) is 0 Å². The molecule has 0 amide bonds. The molecule has 0 saturated carbocycles. The average Bonchev–Trinajstić information content (AvgIpc) is 2.47. The Morgan fingerprint density at radius 2 is 2.06 bits per heavy atom. The highest BCUT2D eigenvalue weighted by Gasteiger charge is 2.44. The number of ether oxygens (including phenoxy) is 3. The minimum atomic E-state index is -1.07. The molecule has 0 N–H and O–H groups in total. The third-order valence-electron chi connectivity index (χ3n) is 2.92. The number of methoxy groups -OCH3 is 2. The second kappa shape index (κ2) is 5.08. The summed E-state index contributed by atoms with van der Waals surface area (Å²) >= 11 is 0. The van der Waals surface area contributed by atoms with Crippen LogP contribution in [0.1, 0.15) is 12.0 Å². The van der Waals surface area contributed by atoms with Gasteiger partial charge in [-0.25, -0.2) is 4.79 Å². The molecule has 0 aliphatic carbocycles. The van der Waals surface area contributed by atoms with E-state index in [1.165, 1.54) is 14.2 Å². The summed E-state index contributed by atoms with van der Waals surface area (Å²) in [5.41, 5.74) is -0.297. The Balaban J connectivity index is 2.51. The van der Waals surface area contributed by atoms with Crippen LogP contribution in [0.4, 0.5) is 0 Å². The summed E-state index contributed by atoms with van der Waals surface area (Å²) in [6.45, 7) is 0.358. The van der Waals surface area contributed by atoms with E-state index in [4.69, 9.17) is 14.2 Å². The number of rotatable bonds is 2. The Hall–Kier alpha value is -2.04. The van der Waals surface area contributed by atoms with Crippen molar-refractivity contribution in [2.45, 2.75) is 12.0 Å². The number of nitrogens with zero attached hydrogens (tertiary/aromatic N) is 1. The number of hydrogen-bond donors (Lipinski definition) is 0. The highest BCUT2D eigenvalue weighted by atomic mass is 16.7. The first kappa shape index (κ1) is 12.4. The van der Waals surface area contributed by atoms with Gasteiger partial charge in [-0.3, -0.25) is 0 Å². The monoisotopic (exact) mass is 249 g/mol. The molecular weight excluding hydrogens is 234 g/mol. The maximum Gasteiger partial charge on any atom is 0.384 e. The lowest BCUT2D eigenvalue weighted by atomic mass is 9.87. The number of aliphatic imine (C=N–C) groups is 1. The third kappa shape index (κ3) is 2.03.